The Balaban J connectivity index is 2.58. The van der Waals surface area contributed by atoms with Gasteiger partial charge in [-0.15, -0.1) is 0 Å². The maximum atomic E-state index is 11.0. The minimum absolute atomic E-state index is 0.109. The summed E-state index contributed by atoms with van der Waals surface area (Å²) in [4.78, 5) is 13.6. The Bertz CT molecular complexity index is 339. The molecule has 1 N–H and O–H groups in total. The summed E-state index contributed by atoms with van der Waals surface area (Å²) in [6.45, 7) is 1.94. The molecule has 1 fully saturated rings. The van der Waals surface area contributed by atoms with E-state index in [9.17, 15) is 4.79 Å². The van der Waals surface area contributed by atoms with Crippen LogP contribution in [0.15, 0.2) is 10.9 Å². The highest BCUT2D eigenvalue weighted by molar-refractivity contribution is 6.30. The van der Waals surface area contributed by atoms with Crippen molar-refractivity contribution in [1.82, 2.24) is 4.98 Å². The van der Waals surface area contributed by atoms with Crippen LogP contribution < -0.4 is 5.56 Å². The third-order valence-electron chi connectivity index (χ3n) is 2.23. The van der Waals surface area contributed by atoms with Crippen LogP contribution in [-0.4, -0.2) is 4.98 Å². The molecular weight excluding hydrogens is 174 g/mol. The van der Waals surface area contributed by atoms with E-state index in [1.165, 1.54) is 12.8 Å². The minimum atomic E-state index is -0.109. The average molecular weight is 184 g/mol. The van der Waals surface area contributed by atoms with E-state index in [1.807, 2.05) is 6.92 Å². The van der Waals surface area contributed by atoms with Crippen molar-refractivity contribution in [3.05, 3.63) is 32.7 Å². The van der Waals surface area contributed by atoms with Crippen molar-refractivity contribution in [2.45, 2.75) is 25.7 Å². The SMILES string of the molecule is Cc1cc(=O)[nH]c(Cl)c1C1CC1. The van der Waals surface area contributed by atoms with Gasteiger partial charge < -0.3 is 4.98 Å². The predicted octanol–water partition coefficient (Wildman–Crippen LogP) is 2.21. The molecule has 2 nitrogen and oxygen atoms in total. The summed E-state index contributed by atoms with van der Waals surface area (Å²) < 4.78 is 0. The van der Waals surface area contributed by atoms with Gasteiger partial charge in [-0.05, 0) is 36.8 Å². The van der Waals surface area contributed by atoms with Gasteiger partial charge in [-0.25, -0.2) is 0 Å². The Kier molecular flexibility index (Phi) is 1.72. The van der Waals surface area contributed by atoms with Crippen molar-refractivity contribution in [2.24, 2.45) is 0 Å². The molecule has 0 bridgehead atoms. The number of halogens is 1. The van der Waals surface area contributed by atoms with Gasteiger partial charge >= 0.3 is 0 Å². The van der Waals surface area contributed by atoms with Crippen LogP contribution in [0.25, 0.3) is 0 Å². The van der Waals surface area contributed by atoms with Crippen LogP contribution in [-0.2, 0) is 0 Å². The van der Waals surface area contributed by atoms with Gasteiger partial charge in [-0.1, -0.05) is 11.6 Å². The van der Waals surface area contributed by atoms with Gasteiger partial charge in [0.1, 0.15) is 5.15 Å². The largest absolute Gasteiger partial charge is 0.313 e. The van der Waals surface area contributed by atoms with Gasteiger partial charge in [0.2, 0.25) is 5.56 Å². The topological polar surface area (TPSA) is 32.9 Å². The van der Waals surface area contributed by atoms with Crippen LogP contribution in [0.4, 0.5) is 0 Å². The molecule has 2 rings (SSSR count). The van der Waals surface area contributed by atoms with Crippen molar-refractivity contribution < 1.29 is 0 Å². The van der Waals surface area contributed by atoms with Gasteiger partial charge in [-0.2, -0.15) is 0 Å². The second kappa shape index (κ2) is 2.63. The molecule has 1 aromatic rings. The van der Waals surface area contributed by atoms with E-state index in [0.29, 0.717) is 11.1 Å². The first-order valence-electron chi connectivity index (χ1n) is 4.08. The molecule has 0 amide bonds. The highest BCUT2D eigenvalue weighted by Crippen LogP contribution is 2.43. The predicted molar refractivity (Wildman–Crippen MR) is 48.8 cm³/mol. The first kappa shape index (κ1) is 7.87. The van der Waals surface area contributed by atoms with E-state index in [1.54, 1.807) is 6.07 Å². The summed E-state index contributed by atoms with van der Waals surface area (Å²) in [6, 6.07) is 1.61. The lowest BCUT2D eigenvalue weighted by Crippen LogP contribution is -2.07. The average Bonchev–Trinajstić information content (AvgIpc) is 2.68. The Hall–Kier alpha value is -0.760. The van der Waals surface area contributed by atoms with Crippen LogP contribution >= 0.6 is 11.6 Å². The highest BCUT2D eigenvalue weighted by atomic mass is 35.5. The molecule has 0 aliphatic heterocycles. The second-order valence-corrected chi connectivity index (χ2v) is 3.70. The smallest absolute Gasteiger partial charge is 0.249 e. The molecule has 1 aliphatic carbocycles. The summed E-state index contributed by atoms with van der Waals surface area (Å²) >= 11 is 5.91. The Morgan fingerprint density at radius 2 is 2.25 bits per heavy atom. The number of rotatable bonds is 1. The zero-order chi connectivity index (χ0) is 8.72. The van der Waals surface area contributed by atoms with E-state index < -0.39 is 0 Å². The summed E-state index contributed by atoms with van der Waals surface area (Å²) in [5, 5.41) is 0.530. The summed E-state index contributed by atoms with van der Waals surface area (Å²) in [5.41, 5.74) is 2.05. The molecule has 0 radical (unpaired) electrons. The molecule has 12 heavy (non-hydrogen) atoms. The standard InChI is InChI=1S/C9H10ClNO/c1-5-4-7(12)11-9(10)8(5)6-2-3-6/h4,6H,2-3H2,1H3,(H,11,12). The third-order valence-corrected chi connectivity index (χ3v) is 2.53. The Labute approximate surface area is 75.6 Å². The van der Waals surface area contributed by atoms with Crippen LogP contribution in [0.1, 0.15) is 29.9 Å². The molecule has 1 aliphatic rings. The van der Waals surface area contributed by atoms with Crippen LogP contribution in [0.5, 0.6) is 0 Å². The van der Waals surface area contributed by atoms with Crippen molar-refractivity contribution in [1.29, 1.82) is 0 Å². The number of nitrogens with one attached hydrogen (secondary N) is 1. The summed E-state index contributed by atoms with van der Waals surface area (Å²) in [7, 11) is 0. The zero-order valence-corrected chi connectivity index (χ0v) is 7.61. The molecule has 1 heterocycles. The van der Waals surface area contributed by atoms with Crippen LogP contribution in [0.2, 0.25) is 5.15 Å². The van der Waals surface area contributed by atoms with Gasteiger partial charge in [0, 0.05) is 6.07 Å². The fraction of sp³-hybridized carbons (Fsp3) is 0.444. The van der Waals surface area contributed by atoms with Gasteiger partial charge in [-0.3, -0.25) is 4.79 Å². The van der Waals surface area contributed by atoms with Crippen molar-refractivity contribution in [2.75, 3.05) is 0 Å². The lowest BCUT2D eigenvalue weighted by atomic mass is 10.1. The van der Waals surface area contributed by atoms with Crippen LogP contribution in [0.3, 0.4) is 0 Å². The van der Waals surface area contributed by atoms with Crippen molar-refractivity contribution >= 4 is 11.6 Å². The number of H-pyrrole nitrogens is 1. The first-order valence-corrected chi connectivity index (χ1v) is 4.45. The zero-order valence-electron chi connectivity index (χ0n) is 6.86. The van der Waals surface area contributed by atoms with Gasteiger partial charge in [0.25, 0.3) is 0 Å². The van der Waals surface area contributed by atoms with Gasteiger partial charge in [0.05, 0.1) is 0 Å². The van der Waals surface area contributed by atoms with Crippen molar-refractivity contribution in [3.8, 4) is 0 Å². The van der Waals surface area contributed by atoms with E-state index >= 15 is 0 Å². The van der Waals surface area contributed by atoms with E-state index in [2.05, 4.69) is 4.98 Å². The third kappa shape index (κ3) is 1.27. The lowest BCUT2D eigenvalue weighted by molar-refractivity contribution is 1.04. The summed E-state index contributed by atoms with van der Waals surface area (Å²) in [5.74, 6) is 0.592. The minimum Gasteiger partial charge on any atom is -0.313 e. The molecule has 3 heteroatoms. The Morgan fingerprint density at radius 1 is 1.58 bits per heavy atom. The van der Waals surface area contributed by atoms with E-state index in [-0.39, 0.29) is 5.56 Å². The summed E-state index contributed by atoms with van der Waals surface area (Å²) in [6.07, 6.45) is 2.40. The highest BCUT2D eigenvalue weighted by Gasteiger charge is 2.27. The monoisotopic (exact) mass is 183 g/mol. The number of pyridine rings is 1. The number of hydrogen-bond donors (Lipinski definition) is 1. The molecule has 64 valence electrons. The van der Waals surface area contributed by atoms with Gasteiger partial charge in [0.15, 0.2) is 0 Å². The molecule has 0 aromatic carbocycles. The first-order chi connectivity index (χ1) is 5.68. The van der Waals surface area contributed by atoms with Crippen LogP contribution in [0, 0.1) is 6.92 Å². The van der Waals surface area contributed by atoms with Crippen molar-refractivity contribution in [3.63, 3.8) is 0 Å². The normalized spacial score (nSPS) is 16.5. The number of hydrogen-bond acceptors (Lipinski definition) is 1. The quantitative estimate of drug-likeness (QED) is 0.666. The van der Waals surface area contributed by atoms with E-state index in [0.717, 1.165) is 11.1 Å². The molecule has 0 spiro atoms. The fourth-order valence-corrected chi connectivity index (χ4v) is 1.93. The molecule has 1 aromatic heterocycles. The Morgan fingerprint density at radius 3 is 2.75 bits per heavy atom. The fourth-order valence-electron chi connectivity index (χ4n) is 1.53. The maximum absolute atomic E-state index is 11.0. The number of aromatic nitrogens is 1. The second-order valence-electron chi connectivity index (χ2n) is 3.32. The van der Waals surface area contributed by atoms with E-state index in [4.69, 9.17) is 11.6 Å². The molecule has 0 saturated heterocycles. The molecule has 0 atom stereocenters. The maximum Gasteiger partial charge on any atom is 0.249 e. The molecule has 1 saturated carbocycles. The lowest BCUT2D eigenvalue weighted by Gasteiger charge is -2.04. The number of aromatic amines is 1. The number of aryl methyl sites for hydroxylation is 1. The molecular formula is C9H10ClNO. The molecule has 0 unspecified atom stereocenters.